The van der Waals surface area contributed by atoms with Crippen molar-refractivity contribution in [3.63, 3.8) is 0 Å². The van der Waals surface area contributed by atoms with Crippen molar-refractivity contribution in [1.29, 1.82) is 0 Å². The molecule has 0 aliphatic heterocycles. The summed E-state index contributed by atoms with van der Waals surface area (Å²) in [5.74, 6) is -0.102. The van der Waals surface area contributed by atoms with E-state index in [-0.39, 0.29) is 12.3 Å². The molecule has 0 bridgehead atoms. The molecule has 0 radical (unpaired) electrons. The van der Waals surface area contributed by atoms with Gasteiger partial charge >= 0.3 is 0 Å². The molecule has 3 N–H and O–H groups in total. The van der Waals surface area contributed by atoms with Crippen LogP contribution in [0.15, 0.2) is 48.5 Å². The number of halogens is 1. The van der Waals surface area contributed by atoms with Crippen LogP contribution in [0.4, 0.5) is 5.69 Å². The lowest BCUT2D eigenvalue weighted by atomic mass is 10.1. The van der Waals surface area contributed by atoms with Crippen LogP contribution in [-0.4, -0.2) is 10.9 Å². The summed E-state index contributed by atoms with van der Waals surface area (Å²) in [6.07, 6.45) is 0.275. The Morgan fingerprint density at radius 2 is 1.90 bits per heavy atom. The lowest BCUT2D eigenvalue weighted by Gasteiger charge is -2.06. The fourth-order valence-electron chi connectivity index (χ4n) is 1.76. The van der Waals surface area contributed by atoms with Gasteiger partial charge < -0.3 is 11.1 Å². The molecule has 2 aromatic rings. The molecule has 0 aliphatic rings. The summed E-state index contributed by atoms with van der Waals surface area (Å²) in [6.45, 7) is 0. The molecule has 0 saturated carbocycles. The summed E-state index contributed by atoms with van der Waals surface area (Å²) in [4.78, 5) is 12.2. The van der Waals surface area contributed by atoms with E-state index < -0.39 is 0 Å². The SMILES string of the molecule is NC(=S)c1ccc(NC(=O)Cc2cccc(Cl)c2)cc1. The van der Waals surface area contributed by atoms with Crippen LogP contribution in [0, 0.1) is 0 Å². The number of hydrogen-bond donors (Lipinski definition) is 2. The smallest absolute Gasteiger partial charge is 0.228 e. The van der Waals surface area contributed by atoms with E-state index in [0.29, 0.717) is 15.7 Å². The van der Waals surface area contributed by atoms with Gasteiger partial charge in [0.25, 0.3) is 0 Å². The van der Waals surface area contributed by atoms with Gasteiger partial charge in [0.1, 0.15) is 4.99 Å². The molecule has 0 aromatic heterocycles. The molecule has 0 atom stereocenters. The van der Waals surface area contributed by atoms with E-state index in [4.69, 9.17) is 29.6 Å². The van der Waals surface area contributed by atoms with Crippen molar-refractivity contribution in [2.24, 2.45) is 5.73 Å². The molecule has 0 unspecified atom stereocenters. The van der Waals surface area contributed by atoms with Crippen LogP contribution >= 0.6 is 23.8 Å². The molecule has 0 spiro atoms. The molecular weight excluding hydrogens is 292 g/mol. The second-order valence-corrected chi connectivity index (χ2v) is 5.17. The monoisotopic (exact) mass is 304 g/mol. The quantitative estimate of drug-likeness (QED) is 0.853. The summed E-state index contributed by atoms with van der Waals surface area (Å²) in [5.41, 5.74) is 7.86. The number of rotatable bonds is 4. The predicted molar refractivity (Wildman–Crippen MR) is 86.1 cm³/mol. The van der Waals surface area contributed by atoms with Gasteiger partial charge in [-0.2, -0.15) is 0 Å². The van der Waals surface area contributed by atoms with Crippen LogP contribution in [0.2, 0.25) is 5.02 Å². The minimum absolute atomic E-state index is 0.102. The topological polar surface area (TPSA) is 55.1 Å². The number of carbonyl (C=O) groups is 1. The summed E-state index contributed by atoms with van der Waals surface area (Å²) in [6, 6.07) is 14.3. The second kappa shape index (κ2) is 6.50. The predicted octanol–water partition coefficient (Wildman–Crippen LogP) is 3.16. The molecule has 2 rings (SSSR count). The van der Waals surface area contributed by atoms with Crippen molar-refractivity contribution >= 4 is 40.4 Å². The minimum Gasteiger partial charge on any atom is -0.389 e. The maximum atomic E-state index is 11.9. The van der Waals surface area contributed by atoms with Crippen molar-refractivity contribution in [2.45, 2.75) is 6.42 Å². The van der Waals surface area contributed by atoms with Crippen LogP contribution in [0.25, 0.3) is 0 Å². The molecule has 5 heteroatoms. The van der Waals surface area contributed by atoms with Crippen LogP contribution in [0.5, 0.6) is 0 Å². The van der Waals surface area contributed by atoms with Crippen LogP contribution < -0.4 is 11.1 Å². The Morgan fingerprint density at radius 1 is 1.20 bits per heavy atom. The Balaban J connectivity index is 1.99. The first-order valence-electron chi connectivity index (χ1n) is 5.99. The van der Waals surface area contributed by atoms with E-state index >= 15 is 0 Å². The van der Waals surface area contributed by atoms with Gasteiger partial charge in [-0.3, -0.25) is 4.79 Å². The zero-order valence-electron chi connectivity index (χ0n) is 10.6. The van der Waals surface area contributed by atoms with Crippen molar-refractivity contribution < 1.29 is 4.79 Å². The number of anilines is 1. The zero-order chi connectivity index (χ0) is 14.5. The highest BCUT2D eigenvalue weighted by molar-refractivity contribution is 7.80. The second-order valence-electron chi connectivity index (χ2n) is 4.30. The number of nitrogens with two attached hydrogens (primary N) is 1. The van der Waals surface area contributed by atoms with Gasteiger partial charge in [0, 0.05) is 16.3 Å². The Kier molecular flexibility index (Phi) is 4.71. The highest BCUT2D eigenvalue weighted by Crippen LogP contribution is 2.13. The summed E-state index contributed by atoms with van der Waals surface area (Å²) in [7, 11) is 0. The van der Waals surface area contributed by atoms with Crippen LogP contribution in [0.3, 0.4) is 0 Å². The Hall–Kier alpha value is -1.91. The number of nitrogens with one attached hydrogen (secondary N) is 1. The molecular formula is C15H13ClN2OS. The molecule has 102 valence electrons. The number of thiocarbonyl (C=S) groups is 1. The molecule has 0 aliphatic carbocycles. The van der Waals surface area contributed by atoms with E-state index in [9.17, 15) is 4.79 Å². The van der Waals surface area contributed by atoms with Gasteiger partial charge in [0.2, 0.25) is 5.91 Å². The van der Waals surface area contributed by atoms with E-state index in [2.05, 4.69) is 5.32 Å². The molecule has 0 fully saturated rings. The lowest BCUT2D eigenvalue weighted by molar-refractivity contribution is -0.115. The van der Waals surface area contributed by atoms with Crippen LogP contribution in [-0.2, 0) is 11.2 Å². The van der Waals surface area contributed by atoms with E-state index in [1.807, 2.05) is 12.1 Å². The van der Waals surface area contributed by atoms with Gasteiger partial charge in [0.05, 0.1) is 6.42 Å². The summed E-state index contributed by atoms with van der Waals surface area (Å²) >= 11 is 10.7. The largest absolute Gasteiger partial charge is 0.389 e. The Bertz CT molecular complexity index is 641. The van der Waals surface area contributed by atoms with Gasteiger partial charge in [-0.1, -0.05) is 36.0 Å². The fraction of sp³-hybridized carbons (Fsp3) is 0.0667. The highest BCUT2D eigenvalue weighted by atomic mass is 35.5. The third-order valence-corrected chi connectivity index (χ3v) is 3.18. The van der Waals surface area contributed by atoms with Crippen LogP contribution in [0.1, 0.15) is 11.1 Å². The first-order valence-corrected chi connectivity index (χ1v) is 6.77. The average Bonchev–Trinajstić information content (AvgIpc) is 2.39. The number of hydrogen-bond acceptors (Lipinski definition) is 2. The number of carbonyl (C=O) groups excluding carboxylic acids is 1. The molecule has 1 amide bonds. The molecule has 0 saturated heterocycles. The number of benzene rings is 2. The van der Waals surface area contributed by atoms with Crippen molar-refractivity contribution in [1.82, 2.24) is 0 Å². The lowest BCUT2D eigenvalue weighted by Crippen LogP contribution is -2.15. The standard InChI is InChI=1S/C15H13ClN2OS/c16-12-3-1-2-10(8-12)9-14(19)18-13-6-4-11(5-7-13)15(17)20/h1-8H,9H2,(H2,17,20)(H,18,19). The minimum atomic E-state index is -0.102. The van der Waals surface area contributed by atoms with E-state index in [1.54, 1.807) is 36.4 Å². The average molecular weight is 305 g/mol. The van der Waals surface area contributed by atoms with Crippen molar-refractivity contribution in [3.8, 4) is 0 Å². The number of amides is 1. The van der Waals surface area contributed by atoms with Gasteiger partial charge in [-0.05, 0) is 42.0 Å². The van der Waals surface area contributed by atoms with E-state index in [0.717, 1.165) is 11.1 Å². The summed E-state index contributed by atoms with van der Waals surface area (Å²) < 4.78 is 0. The Morgan fingerprint density at radius 3 is 2.50 bits per heavy atom. The third kappa shape index (κ3) is 4.05. The third-order valence-electron chi connectivity index (χ3n) is 2.71. The Labute approximate surface area is 127 Å². The fourth-order valence-corrected chi connectivity index (χ4v) is 2.10. The molecule has 20 heavy (non-hydrogen) atoms. The zero-order valence-corrected chi connectivity index (χ0v) is 12.2. The van der Waals surface area contributed by atoms with Gasteiger partial charge in [-0.25, -0.2) is 0 Å². The molecule has 3 nitrogen and oxygen atoms in total. The maximum Gasteiger partial charge on any atom is 0.228 e. The van der Waals surface area contributed by atoms with Gasteiger partial charge in [-0.15, -0.1) is 0 Å². The molecule has 2 aromatic carbocycles. The molecule has 0 heterocycles. The maximum absolute atomic E-state index is 11.9. The van der Waals surface area contributed by atoms with Crippen molar-refractivity contribution in [2.75, 3.05) is 5.32 Å². The summed E-state index contributed by atoms with van der Waals surface area (Å²) in [5, 5.41) is 3.43. The van der Waals surface area contributed by atoms with Gasteiger partial charge in [0.15, 0.2) is 0 Å². The first kappa shape index (κ1) is 14.5. The van der Waals surface area contributed by atoms with Crippen molar-refractivity contribution in [3.05, 3.63) is 64.7 Å². The van der Waals surface area contributed by atoms with E-state index in [1.165, 1.54) is 0 Å². The highest BCUT2D eigenvalue weighted by Gasteiger charge is 2.05. The first-order chi connectivity index (χ1) is 9.54. The normalized spacial score (nSPS) is 10.1.